The predicted molar refractivity (Wildman–Crippen MR) is 77.6 cm³/mol. The van der Waals surface area contributed by atoms with Crippen molar-refractivity contribution in [1.82, 2.24) is 0 Å². The van der Waals surface area contributed by atoms with Gasteiger partial charge < -0.3 is 10.8 Å². The molecule has 1 rings (SSSR count). The summed E-state index contributed by atoms with van der Waals surface area (Å²) >= 11 is 0. The Morgan fingerprint density at radius 3 is 2.15 bits per heavy atom. The van der Waals surface area contributed by atoms with Gasteiger partial charge in [-0.25, -0.2) is 8.78 Å². The SMILES string of the molecule is CCCCCCCC(CN)(CO)c1cc(F)cc(F)c1. The van der Waals surface area contributed by atoms with Crippen LogP contribution >= 0.6 is 0 Å². The van der Waals surface area contributed by atoms with Gasteiger partial charge in [-0.15, -0.1) is 0 Å². The number of aliphatic hydroxyl groups is 1. The van der Waals surface area contributed by atoms with Crippen molar-refractivity contribution in [2.75, 3.05) is 13.2 Å². The summed E-state index contributed by atoms with van der Waals surface area (Å²) in [6.07, 6.45) is 6.08. The molecule has 4 heteroatoms. The number of unbranched alkanes of at least 4 members (excludes halogenated alkanes) is 4. The van der Waals surface area contributed by atoms with Crippen molar-refractivity contribution in [2.24, 2.45) is 5.73 Å². The highest BCUT2D eigenvalue weighted by molar-refractivity contribution is 5.27. The predicted octanol–water partition coefficient (Wildman–Crippen LogP) is 3.51. The highest BCUT2D eigenvalue weighted by atomic mass is 19.1. The lowest BCUT2D eigenvalue weighted by Crippen LogP contribution is -2.39. The molecule has 0 saturated carbocycles. The minimum absolute atomic E-state index is 0.181. The first-order chi connectivity index (χ1) is 9.57. The van der Waals surface area contributed by atoms with Gasteiger partial charge in [0, 0.05) is 18.0 Å². The molecule has 1 unspecified atom stereocenters. The van der Waals surface area contributed by atoms with Crippen LogP contribution in [0.2, 0.25) is 0 Å². The molecule has 0 saturated heterocycles. The van der Waals surface area contributed by atoms with Crippen molar-refractivity contribution in [1.29, 1.82) is 0 Å². The zero-order valence-electron chi connectivity index (χ0n) is 12.2. The first kappa shape index (κ1) is 17.1. The fourth-order valence-corrected chi connectivity index (χ4v) is 2.53. The minimum atomic E-state index is -0.741. The third-order valence-corrected chi connectivity index (χ3v) is 3.93. The van der Waals surface area contributed by atoms with Gasteiger partial charge in [-0.2, -0.15) is 0 Å². The van der Waals surface area contributed by atoms with Crippen molar-refractivity contribution < 1.29 is 13.9 Å². The van der Waals surface area contributed by atoms with Crippen LogP contribution in [0, 0.1) is 11.6 Å². The van der Waals surface area contributed by atoms with Crippen LogP contribution in [0.4, 0.5) is 8.78 Å². The minimum Gasteiger partial charge on any atom is -0.395 e. The first-order valence-corrected chi connectivity index (χ1v) is 7.35. The molecule has 114 valence electrons. The van der Waals surface area contributed by atoms with E-state index in [4.69, 9.17) is 5.73 Å². The molecule has 0 aliphatic heterocycles. The van der Waals surface area contributed by atoms with Gasteiger partial charge >= 0.3 is 0 Å². The van der Waals surface area contributed by atoms with Crippen LogP contribution in [0.15, 0.2) is 18.2 Å². The molecule has 0 heterocycles. The molecule has 2 nitrogen and oxygen atoms in total. The summed E-state index contributed by atoms with van der Waals surface area (Å²) in [5.74, 6) is -1.26. The lowest BCUT2D eigenvalue weighted by Gasteiger charge is -2.31. The lowest BCUT2D eigenvalue weighted by atomic mass is 9.76. The van der Waals surface area contributed by atoms with Crippen LogP contribution in [0.5, 0.6) is 0 Å². The van der Waals surface area contributed by atoms with E-state index in [0.717, 1.165) is 31.7 Å². The highest BCUT2D eigenvalue weighted by Crippen LogP contribution is 2.30. The Morgan fingerprint density at radius 2 is 1.65 bits per heavy atom. The first-order valence-electron chi connectivity index (χ1n) is 7.35. The van der Waals surface area contributed by atoms with E-state index in [-0.39, 0.29) is 13.2 Å². The molecule has 0 bridgehead atoms. The van der Waals surface area contributed by atoms with Gasteiger partial charge in [-0.05, 0) is 24.1 Å². The van der Waals surface area contributed by atoms with Gasteiger partial charge in [0.05, 0.1) is 6.61 Å². The number of aliphatic hydroxyl groups excluding tert-OH is 1. The van der Waals surface area contributed by atoms with Gasteiger partial charge in [-0.3, -0.25) is 0 Å². The largest absolute Gasteiger partial charge is 0.395 e. The van der Waals surface area contributed by atoms with Crippen LogP contribution in [-0.4, -0.2) is 18.3 Å². The van der Waals surface area contributed by atoms with Gasteiger partial charge in [0.15, 0.2) is 0 Å². The third-order valence-electron chi connectivity index (χ3n) is 3.93. The summed E-state index contributed by atoms with van der Waals surface area (Å²) < 4.78 is 26.7. The summed E-state index contributed by atoms with van der Waals surface area (Å²) in [6, 6.07) is 3.39. The molecule has 1 aromatic carbocycles. The van der Waals surface area contributed by atoms with E-state index in [1.54, 1.807) is 0 Å². The average Bonchev–Trinajstić information content (AvgIpc) is 2.42. The van der Waals surface area contributed by atoms with Crippen molar-refractivity contribution >= 4 is 0 Å². The lowest BCUT2D eigenvalue weighted by molar-refractivity contribution is 0.184. The van der Waals surface area contributed by atoms with E-state index in [1.807, 2.05) is 0 Å². The van der Waals surface area contributed by atoms with Gasteiger partial charge in [0.25, 0.3) is 0 Å². The van der Waals surface area contributed by atoms with Gasteiger partial charge in [0.2, 0.25) is 0 Å². The molecule has 0 aromatic heterocycles. The Balaban J connectivity index is 2.79. The Hall–Kier alpha value is -1.00. The Kier molecular flexibility index (Phi) is 7.10. The fourth-order valence-electron chi connectivity index (χ4n) is 2.53. The fraction of sp³-hybridized carbons (Fsp3) is 0.625. The van der Waals surface area contributed by atoms with Gasteiger partial charge in [-0.1, -0.05) is 39.0 Å². The Morgan fingerprint density at radius 1 is 1.05 bits per heavy atom. The second kappa shape index (κ2) is 8.32. The van der Waals surface area contributed by atoms with E-state index in [9.17, 15) is 13.9 Å². The standard InChI is InChI=1S/C16H25F2NO/c1-2-3-4-5-6-7-16(11-19,12-20)13-8-14(17)10-15(18)9-13/h8-10,20H,2-7,11-12,19H2,1H3. The highest BCUT2D eigenvalue weighted by Gasteiger charge is 2.30. The average molecular weight is 285 g/mol. The van der Waals surface area contributed by atoms with Crippen molar-refractivity contribution in [3.8, 4) is 0 Å². The van der Waals surface area contributed by atoms with Gasteiger partial charge in [0.1, 0.15) is 11.6 Å². The second-order valence-electron chi connectivity index (χ2n) is 5.46. The molecule has 0 fully saturated rings. The monoisotopic (exact) mass is 285 g/mol. The van der Waals surface area contributed by atoms with E-state index >= 15 is 0 Å². The zero-order valence-corrected chi connectivity index (χ0v) is 12.2. The summed E-state index contributed by atoms with van der Waals surface area (Å²) in [5, 5.41) is 9.69. The molecule has 0 radical (unpaired) electrons. The smallest absolute Gasteiger partial charge is 0.126 e. The molecule has 1 aromatic rings. The summed E-state index contributed by atoms with van der Waals surface area (Å²) in [7, 11) is 0. The molecule has 20 heavy (non-hydrogen) atoms. The number of benzene rings is 1. The number of rotatable bonds is 9. The van der Waals surface area contributed by atoms with Crippen LogP contribution in [0.3, 0.4) is 0 Å². The molecule has 3 N–H and O–H groups in total. The molecule has 0 amide bonds. The Bertz CT molecular complexity index is 385. The van der Waals surface area contributed by atoms with E-state index in [2.05, 4.69) is 6.92 Å². The van der Waals surface area contributed by atoms with E-state index in [0.29, 0.717) is 12.0 Å². The van der Waals surface area contributed by atoms with Crippen LogP contribution in [0.25, 0.3) is 0 Å². The number of halogens is 2. The van der Waals surface area contributed by atoms with Crippen molar-refractivity contribution in [2.45, 2.75) is 50.9 Å². The van der Waals surface area contributed by atoms with Crippen LogP contribution in [-0.2, 0) is 5.41 Å². The molecule has 0 spiro atoms. The van der Waals surface area contributed by atoms with Crippen molar-refractivity contribution in [3.05, 3.63) is 35.4 Å². The Labute approximate surface area is 120 Å². The number of hydrogen-bond donors (Lipinski definition) is 2. The topological polar surface area (TPSA) is 46.2 Å². The normalized spacial score (nSPS) is 14.2. The third kappa shape index (κ3) is 4.53. The van der Waals surface area contributed by atoms with E-state index < -0.39 is 17.0 Å². The number of hydrogen-bond acceptors (Lipinski definition) is 2. The van der Waals surface area contributed by atoms with E-state index in [1.165, 1.54) is 18.6 Å². The quantitative estimate of drug-likeness (QED) is 0.682. The molecular weight excluding hydrogens is 260 g/mol. The summed E-state index contributed by atoms with van der Waals surface area (Å²) in [5.41, 5.74) is 5.50. The summed E-state index contributed by atoms with van der Waals surface area (Å²) in [4.78, 5) is 0. The van der Waals surface area contributed by atoms with Crippen LogP contribution < -0.4 is 5.73 Å². The number of nitrogens with two attached hydrogens (primary N) is 1. The molecule has 0 aliphatic rings. The maximum Gasteiger partial charge on any atom is 0.126 e. The maximum absolute atomic E-state index is 13.4. The van der Waals surface area contributed by atoms with Crippen molar-refractivity contribution in [3.63, 3.8) is 0 Å². The molecule has 0 aliphatic carbocycles. The molecule has 1 atom stereocenters. The van der Waals surface area contributed by atoms with Crippen LogP contribution in [0.1, 0.15) is 51.0 Å². The molecular formula is C16H25F2NO. The zero-order chi connectivity index (χ0) is 15.0. The second-order valence-corrected chi connectivity index (χ2v) is 5.46. The summed E-state index contributed by atoms with van der Waals surface area (Å²) in [6.45, 7) is 2.13. The maximum atomic E-state index is 13.4.